The number of rotatable bonds is 6. The van der Waals surface area contributed by atoms with Crippen LogP contribution in [0.5, 0.6) is 0 Å². The first-order valence-corrected chi connectivity index (χ1v) is 6.74. The number of hydrogen-bond acceptors (Lipinski definition) is 3. The molecule has 19 heavy (non-hydrogen) atoms. The molecule has 0 fully saturated rings. The fraction of sp³-hybridized carbons (Fsp3) is 0.467. The molecule has 0 radical (unpaired) electrons. The molecule has 0 bridgehead atoms. The molecule has 0 aliphatic carbocycles. The van der Waals surface area contributed by atoms with Crippen molar-refractivity contribution in [1.29, 1.82) is 0 Å². The van der Waals surface area contributed by atoms with Gasteiger partial charge in [0.2, 0.25) is 0 Å². The molecule has 102 valence electrons. The smallest absolute Gasteiger partial charge is 0.138 e. The molecule has 4 nitrogen and oxygen atoms in total. The Morgan fingerprint density at radius 1 is 1.37 bits per heavy atom. The molecule has 0 saturated heterocycles. The lowest BCUT2D eigenvalue weighted by Gasteiger charge is -2.15. The van der Waals surface area contributed by atoms with Gasteiger partial charge in [0.05, 0.1) is 0 Å². The van der Waals surface area contributed by atoms with Crippen molar-refractivity contribution in [2.45, 2.75) is 32.2 Å². The predicted molar refractivity (Wildman–Crippen MR) is 77.1 cm³/mol. The number of hydrogen-bond donors (Lipinski definition) is 1. The average molecular weight is 258 g/mol. The van der Waals surface area contributed by atoms with E-state index in [0.29, 0.717) is 6.04 Å². The summed E-state index contributed by atoms with van der Waals surface area (Å²) in [4.78, 5) is 4.28. The molecule has 1 N–H and O–H groups in total. The maximum atomic E-state index is 4.28. The first-order valence-electron chi connectivity index (χ1n) is 6.74. The Labute approximate surface area is 114 Å². The Balaban J connectivity index is 1.91. The number of aryl methyl sites for hydroxylation is 3. The standard InChI is InChI=1S/C15H22N4/c1-12-5-4-6-13(9-12)7-8-14(16-2)10-15-17-11-18-19(15)3/h4-6,9,11,14,16H,7-8,10H2,1-3H3. The van der Waals surface area contributed by atoms with Crippen molar-refractivity contribution in [3.8, 4) is 0 Å². The van der Waals surface area contributed by atoms with Gasteiger partial charge in [-0.25, -0.2) is 4.98 Å². The van der Waals surface area contributed by atoms with Crippen LogP contribution < -0.4 is 5.32 Å². The van der Waals surface area contributed by atoms with Gasteiger partial charge in [0, 0.05) is 19.5 Å². The van der Waals surface area contributed by atoms with E-state index in [9.17, 15) is 0 Å². The highest BCUT2D eigenvalue weighted by Gasteiger charge is 2.11. The number of likely N-dealkylation sites (N-methyl/N-ethyl adjacent to an activating group) is 1. The molecule has 1 aromatic heterocycles. The summed E-state index contributed by atoms with van der Waals surface area (Å²) < 4.78 is 1.84. The van der Waals surface area contributed by atoms with Gasteiger partial charge in [-0.3, -0.25) is 4.68 Å². The molecule has 1 aromatic carbocycles. The van der Waals surface area contributed by atoms with Gasteiger partial charge in [-0.2, -0.15) is 5.10 Å². The van der Waals surface area contributed by atoms with E-state index in [4.69, 9.17) is 0 Å². The first kappa shape index (κ1) is 13.7. The fourth-order valence-corrected chi connectivity index (χ4v) is 2.28. The second-order valence-corrected chi connectivity index (χ2v) is 5.02. The van der Waals surface area contributed by atoms with E-state index in [1.807, 2.05) is 18.8 Å². The zero-order chi connectivity index (χ0) is 13.7. The molecule has 4 heteroatoms. The van der Waals surface area contributed by atoms with E-state index in [-0.39, 0.29) is 0 Å². The summed E-state index contributed by atoms with van der Waals surface area (Å²) in [6.45, 7) is 2.14. The van der Waals surface area contributed by atoms with Crippen LogP contribution in [0.4, 0.5) is 0 Å². The minimum Gasteiger partial charge on any atom is -0.317 e. The zero-order valence-corrected chi connectivity index (χ0v) is 11.9. The maximum absolute atomic E-state index is 4.28. The Morgan fingerprint density at radius 3 is 2.84 bits per heavy atom. The third kappa shape index (κ3) is 3.89. The Bertz CT molecular complexity index is 518. The lowest BCUT2D eigenvalue weighted by Crippen LogP contribution is -2.29. The maximum Gasteiger partial charge on any atom is 0.138 e. The summed E-state index contributed by atoms with van der Waals surface area (Å²) in [5.74, 6) is 1.03. The van der Waals surface area contributed by atoms with Crippen molar-refractivity contribution in [2.24, 2.45) is 7.05 Å². The molecule has 2 aromatic rings. The lowest BCUT2D eigenvalue weighted by molar-refractivity contribution is 0.497. The molecule has 2 rings (SSSR count). The van der Waals surface area contributed by atoms with Gasteiger partial charge >= 0.3 is 0 Å². The molecule has 0 saturated carbocycles. The van der Waals surface area contributed by atoms with Gasteiger partial charge < -0.3 is 5.32 Å². The second kappa shape index (κ2) is 6.48. The van der Waals surface area contributed by atoms with Gasteiger partial charge in [-0.15, -0.1) is 0 Å². The summed E-state index contributed by atoms with van der Waals surface area (Å²) >= 11 is 0. The van der Waals surface area contributed by atoms with E-state index in [0.717, 1.165) is 25.1 Å². The first-order chi connectivity index (χ1) is 9.19. The van der Waals surface area contributed by atoms with Crippen molar-refractivity contribution < 1.29 is 0 Å². The topological polar surface area (TPSA) is 42.7 Å². The van der Waals surface area contributed by atoms with Crippen LogP contribution in [0.15, 0.2) is 30.6 Å². The molecule has 0 aliphatic heterocycles. The predicted octanol–water partition coefficient (Wildman–Crippen LogP) is 1.89. The van der Waals surface area contributed by atoms with Crippen LogP contribution in [0.2, 0.25) is 0 Å². The molecule has 1 heterocycles. The monoisotopic (exact) mass is 258 g/mol. The fourth-order valence-electron chi connectivity index (χ4n) is 2.28. The Hall–Kier alpha value is -1.68. The van der Waals surface area contributed by atoms with Crippen LogP contribution in [0.3, 0.4) is 0 Å². The highest BCUT2D eigenvalue weighted by atomic mass is 15.3. The van der Waals surface area contributed by atoms with E-state index in [1.165, 1.54) is 11.1 Å². The molecule has 0 amide bonds. The third-order valence-corrected chi connectivity index (χ3v) is 3.51. The van der Waals surface area contributed by atoms with Crippen LogP contribution in [-0.4, -0.2) is 27.9 Å². The van der Waals surface area contributed by atoms with E-state index < -0.39 is 0 Å². The van der Waals surface area contributed by atoms with Gasteiger partial charge in [0.25, 0.3) is 0 Å². The molecule has 1 atom stereocenters. The SMILES string of the molecule is CNC(CCc1cccc(C)c1)Cc1ncnn1C. The quantitative estimate of drug-likeness (QED) is 0.860. The number of benzene rings is 1. The average Bonchev–Trinajstić information content (AvgIpc) is 2.80. The summed E-state index contributed by atoms with van der Waals surface area (Å²) in [6, 6.07) is 9.15. The lowest BCUT2D eigenvalue weighted by atomic mass is 10.0. The van der Waals surface area contributed by atoms with Crippen molar-refractivity contribution in [3.05, 3.63) is 47.5 Å². The van der Waals surface area contributed by atoms with E-state index in [1.54, 1.807) is 6.33 Å². The van der Waals surface area contributed by atoms with Crippen LogP contribution in [-0.2, 0) is 19.9 Å². The molecule has 0 aliphatic rings. The zero-order valence-electron chi connectivity index (χ0n) is 11.9. The largest absolute Gasteiger partial charge is 0.317 e. The van der Waals surface area contributed by atoms with Gasteiger partial charge in [0.1, 0.15) is 12.2 Å². The van der Waals surface area contributed by atoms with Crippen molar-refractivity contribution in [3.63, 3.8) is 0 Å². The Morgan fingerprint density at radius 2 is 2.21 bits per heavy atom. The molecular formula is C15H22N4. The van der Waals surface area contributed by atoms with Crippen molar-refractivity contribution in [1.82, 2.24) is 20.1 Å². The number of nitrogens with one attached hydrogen (secondary N) is 1. The van der Waals surface area contributed by atoms with E-state index in [2.05, 4.69) is 46.6 Å². The number of nitrogens with zero attached hydrogens (tertiary/aromatic N) is 3. The van der Waals surface area contributed by atoms with Crippen molar-refractivity contribution in [2.75, 3.05) is 7.05 Å². The molecular weight excluding hydrogens is 236 g/mol. The van der Waals surface area contributed by atoms with Crippen molar-refractivity contribution >= 4 is 0 Å². The van der Waals surface area contributed by atoms with Crippen LogP contribution in [0.25, 0.3) is 0 Å². The number of aromatic nitrogens is 3. The normalized spacial score (nSPS) is 12.6. The van der Waals surface area contributed by atoms with Gasteiger partial charge in [-0.1, -0.05) is 29.8 Å². The van der Waals surface area contributed by atoms with Gasteiger partial charge in [-0.05, 0) is 32.4 Å². The minimum atomic E-state index is 0.434. The highest BCUT2D eigenvalue weighted by Crippen LogP contribution is 2.10. The third-order valence-electron chi connectivity index (χ3n) is 3.51. The molecule has 1 unspecified atom stereocenters. The minimum absolute atomic E-state index is 0.434. The van der Waals surface area contributed by atoms with Gasteiger partial charge in [0.15, 0.2) is 0 Å². The van der Waals surface area contributed by atoms with Crippen LogP contribution in [0, 0.1) is 6.92 Å². The highest BCUT2D eigenvalue weighted by molar-refractivity contribution is 5.22. The van der Waals surface area contributed by atoms with Crippen LogP contribution in [0.1, 0.15) is 23.4 Å². The molecule has 0 spiro atoms. The summed E-state index contributed by atoms with van der Waals surface area (Å²) in [5.41, 5.74) is 2.73. The second-order valence-electron chi connectivity index (χ2n) is 5.02. The Kier molecular flexibility index (Phi) is 4.68. The van der Waals surface area contributed by atoms with Crippen LogP contribution >= 0.6 is 0 Å². The van der Waals surface area contributed by atoms with E-state index >= 15 is 0 Å². The summed E-state index contributed by atoms with van der Waals surface area (Å²) in [5, 5.41) is 7.48. The summed E-state index contributed by atoms with van der Waals surface area (Å²) in [6.07, 6.45) is 4.72. The summed E-state index contributed by atoms with van der Waals surface area (Å²) in [7, 11) is 3.95.